The molecule has 3 aromatic rings. The first-order valence-corrected chi connectivity index (χ1v) is 8.49. The number of halogens is 2. The molecule has 2 aromatic carbocycles. The summed E-state index contributed by atoms with van der Waals surface area (Å²) in [5.41, 5.74) is 1.47. The van der Waals surface area contributed by atoms with Gasteiger partial charge in [-0.1, -0.05) is 6.07 Å². The SMILES string of the molecule is COc1ccc2c(c1)-c1cnc(NC(=O)c3c(F)cccc3F)nc1CCO2. The van der Waals surface area contributed by atoms with Crippen LogP contribution in [0, 0.1) is 11.6 Å². The lowest BCUT2D eigenvalue weighted by atomic mass is 10.0. The molecule has 142 valence electrons. The second-order valence-electron chi connectivity index (χ2n) is 6.07. The molecule has 1 amide bonds. The Kier molecular flexibility index (Phi) is 4.60. The van der Waals surface area contributed by atoms with Crippen LogP contribution in [0.2, 0.25) is 0 Å². The van der Waals surface area contributed by atoms with Crippen molar-refractivity contribution >= 4 is 11.9 Å². The van der Waals surface area contributed by atoms with E-state index in [0.717, 1.165) is 23.3 Å². The molecule has 0 fully saturated rings. The largest absolute Gasteiger partial charge is 0.497 e. The van der Waals surface area contributed by atoms with Crippen LogP contribution >= 0.6 is 0 Å². The van der Waals surface area contributed by atoms with E-state index < -0.39 is 23.1 Å². The molecule has 2 heterocycles. The van der Waals surface area contributed by atoms with Gasteiger partial charge in [-0.05, 0) is 30.3 Å². The lowest BCUT2D eigenvalue weighted by Crippen LogP contribution is -2.18. The molecule has 0 spiro atoms. The quantitative estimate of drug-likeness (QED) is 0.748. The van der Waals surface area contributed by atoms with Crippen LogP contribution in [0.25, 0.3) is 11.1 Å². The van der Waals surface area contributed by atoms with Gasteiger partial charge in [-0.15, -0.1) is 0 Å². The van der Waals surface area contributed by atoms with Crippen molar-refractivity contribution in [1.29, 1.82) is 0 Å². The van der Waals surface area contributed by atoms with Crippen molar-refractivity contribution in [2.45, 2.75) is 6.42 Å². The number of aromatic nitrogens is 2. The number of hydrogen-bond acceptors (Lipinski definition) is 5. The maximum absolute atomic E-state index is 13.8. The number of amides is 1. The van der Waals surface area contributed by atoms with Gasteiger partial charge in [-0.2, -0.15) is 0 Å². The number of benzene rings is 2. The van der Waals surface area contributed by atoms with Crippen molar-refractivity contribution in [2.75, 3.05) is 19.0 Å². The van der Waals surface area contributed by atoms with Gasteiger partial charge in [0.25, 0.3) is 5.91 Å². The maximum atomic E-state index is 13.8. The minimum Gasteiger partial charge on any atom is -0.497 e. The smallest absolute Gasteiger partial charge is 0.263 e. The van der Waals surface area contributed by atoms with Crippen molar-refractivity contribution in [3.8, 4) is 22.6 Å². The number of nitrogens with one attached hydrogen (secondary N) is 1. The topological polar surface area (TPSA) is 73.3 Å². The Morgan fingerprint density at radius 3 is 2.71 bits per heavy atom. The molecule has 0 atom stereocenters. The summed E-state index contributed by atoms with van der Waals surface area (Å²) < 4.78 is 38.6. The predicted octanol–water partition coefficient (Wildman–Crippen LogP) is 3.62. The molecule has 1 N–H and O–H groups in total. The molecule has 1 aliphatic rings. The Hall–Kier alpha value is -3.55. The van der Waals surface area contributed by atoms with E-state index >= 15 is 0 Å². The van der Waals surface area contributed by atoms with E-state index in [1.165, 1.54) is 6.07 Å². The number of fused-ring (bicyclic) bond motifs is 3. The van der Waals surface area contributed by atoms with E-state index in [2.05, 4.69) is 15.3 Å². The minimum atomic E-state index is -0.957. The molecular weight excluding hydrogens is 368 g/mol. The fourth-order valence-corrected chi connectivity index (χ4v) is 3.00. The number of rotatable bonds is 3. The third-order valence-corrected chi connectivity index (χ3v) is 4.36. The van der Waals surface area contributed by atoms with Crippen molar-refractivity contribution in [3.63, 3.8) is 0 Å². The third-order valence-electron chi connectivity index (χ3n) is 4.36. The van der Waals surface area contributed by atoms with E-state index in [-0.39, 0.29) is 5.95 Å². The Balaban J connectivity index is 1.68. The van der Waals surface area contributed by atoms with Crippen LogP contribution in [0.3, 0.4) is 0 Å². The zero-order chi connectivity index (χ0) is 19.7. The van der Waals surface area contributed by atoms with E-state index in [4.69, 9.17) is 9.47 Å². The first-order valence-electron chi connectivity index (χ1n) is 8.49. The monoisotopic (exact) mass is 383 g/mol. The average Bonchev–Trinajstić information content (AvgIpc) is 2.86. The van der Waals surface area contributed by atoms with Crippen molar-refractivity contribution in [1.82, 2.24) is 9.97 Å². The Morgan fingerprint density at radius 1 is 1.18 bits per heavy atom. The van der Waals surface area contributed by atoms with Gasteiger partial charge in [0.05, 0.1) is 19.4 Å². The number of carbonyl (C=O) groups excluding carboxylic acids is 1. The standard InChI is InChI=1S/C20H15F2N3O3/c1-27-11-5-6-17-12(9-11)13-10-23-20(24-16(13)7-8-28-17)25-19(26)18-14(21)3-2-4-15(18)22/h2-6,9-10H,7-8H2,1H3,(H,23,24,25,26). The Labute approximate surface area is 159 Å². The van der Waals surface area contributed by atoms with Crippen LogP contribution < -0.4 is 14.8 Å². The van der Waals surface area contributed by atoms with Crippen molar-refractivity contribution < 1.29 is 23.0 Å². The molecule has 0 saturated carbocycles. The molecule has 0 aliphatic carbocycles. The van der Waals surface area contributed by atoms with Gasteiger partial charge < -0.3 is 9.47 Å². The molecule has 4 rings (SSSR count). The molecule has 0 unspecified atom stereocenters. The predicted molar refractivity (Wildman–Crippen MR) is 97.5 cm³/mol. The summed E-state index contributed by atoms with van der Waals surface area (Å²) in [5, 5.41) is 2.35. The van der Waals surface area contributed by atoms with Gasteiger partial charge in [0.1, 0.15) is 28.7 Å². The molecule has 0 radical (unpaired) electrons. The first-order chi connectivity index (χ1) is 13.6. The normalized spacial score (nSPS) is 12.2. The number of carbonyl (C=O) groups is 1. The summed E-state index contributed by atoms with van der Waals surface area (Å²) in [7, 11) is 1.57. The lowest BCUT2D eigenvalue weighted by molar-refractivity contribution is 0.101. The van der Waals surface area contributed by atoms with Crippen LogP contribution in [-0.2, 0) is 6.42 Å². The van der Waals surface area contributed by atoms with E-state index in [1.54, 1.807) is 25.4 Å². The van der Waals surface area contributed by atoms with E-state index in [1.807, 2.05) is 6.07 Å². The summed E-state index contributed by atoms with van der Waals surface area (Å²) >= 11 is 0. The number of anilines is 1. The number of hydrogen-bond donors (Lipinski definition) is 1. The summed E-state index contributed by atoms with van der Waals surface area (Å²) in [5.74, 6) is -1.58. The second-order valence-corrected chi connectivity index (χ2v) is 6.07. The van der Waals surface area contributed by atoms with Crippen LogP contribution in [-0.4, -0.2) is 29.6 Å². The maximum Gasteiger partial charge on any atom is 0.263 e. The highest BCUT2D eigenvalue weighted by Crippen LogP contribution is 2.37. The highest BCUT2D eigenvalue weighted by atomic mass is 19.1. The van der Waals surface area contributed by atoms with Crippen LogP contribution in [0.15, 0.2) is 42.6 Å². The number of ether oxygens (including phenoxy) is 2. The molecule has 0 bridgehead atoms. The minimum absolute atomic E-state index is 0.0438. The van der Waals surface area contributed by atoms with Gasteiger partial charge in [0.15, 0.2) is 0 Å². The van der Waals surface area contributed by atoms with Gasteiger partial charge >= 0.3 is 0 Å². The van der Waals surface area contributed by atoms with Gasteiger partial charge in [-0.3, -0.25) is 10.1 Å². The first kappa shape index (κ1) is 17.8. The molecule has 1 aliphatic heterocycles. The average molecular weight is 383 g/mol. The highest BCUT2D eigenvalue weighted by Gasteiger charge is 2.21. The molecule has 6 nitrogen and oxygen atoms in total. The fourth-order valence-electron chi connectivity index (χ4n) is 3.00. The molecule has 8 heteroatoms. The Morgan fingerprint density at radius 2 is 1.96 bits per heavy atom. The van der Waals surface area contributed by atoms with Gasteiger partial charge in [0, 0.05) is 23.7 Å². The Bertz CT molecular complexity index is 1050. The lowest BCUT2D eigenvalue weighted by Gasteiger charge is -2.11. The third kappa shape index (κ3) is 3.24. The molecule has 0 saturated heterocycles. The van der Waals surface area contributed by atoms with Crippen LogP contribution in [0.1, 0.15) is 16.1 Å². The summed E-state index contributed by atoms with van der Waals surface area (Å²) in [6.45, 7) is 0.388. The van der Waals surface area contributed by atoms with E-state index in [0.29, 0.717) is 30.2 Å². The molecule has 28 heavy (non-hydrogen) atoms. The fraction of sp³-hybridized carbons (Fsp3) is 0.150. The summed E-state index contributed by atoms with van der Waals surface area (Å²) in [4.78, 5) is 20.7. The molecule has 1 aromatic heterocycles. The van der Waals surface area contributed by atoms with Crippen molar-refractivity contribution in [2.24, 2.45) is 0 Å². The second kappa shape index (κ2) is 7.22. The van der Waals surface area contributed by atoms with Crippen LogP contribution in [0.5, 0.6) is 11.5 Å². The van der Waals surface area contributed by atoms with E-state index in [9.17, 15) is 13.6 Å². The summed E-state index contributed by atoms with van der Waals surface area (Å²) in [6, 6.07) is 8.62. The zero-order valence-electron chi connectivity index (χ0n) is 14.8. The number of methoxy groups -OCH3 is 1. The van der Waals surface area contributed by atoms with Crippen LogP contribution in [0.4, 0.5) is 14.7 Å². The summed E-state index contributed by atoms with van der Waals surface area (Å²) in [6.07, 6.45) is 2.02. The highest BCUT2D eigenvalue weighted by molar-refractivity contribution is 6.03. The van der Waals surface area contributed by atoms with Gasteiger partial charge in [-0.25, -0.2) is 18.7 Å². The van der Waals surface area contributed by atoms with Gasteiger partial charge in [0.2, 0.25) is 5.95 Å². The number of nitrogens with zero attached hydrogens (tertiary/aromatic N) is 2. The van der Waals surface area contributed by atoms with Crippen molar-refractivity contribution in [3.05, 3.63) is 65.5 Å². The molecular formula is C20H15F2N3O3. The zero-order valence-corrected chi connectivity index (χ0v) is 14.8.